The average Bonchev–Trinajstić information content (AvgIpc) is 2.92. The number of aliphatic hydroxyl groups is 1. The maximum atomic E-state index is 12.9. The number of rotatable bonds is 3. The fourth-order valence-electron chi connectivity index (χ4n) is 7.81. The third-order valence-corrected chi connectivity index (χ3v) is 9.50. The molecule has 0 aromatic rings. The van der Waals surface area contributed by atoms with E-state index < -0.39 is 17.0 Å². The topological polar surface area (TPSA) is 80.7 Å². The zero-order valence-electron chi connectivity index (χ0n) is 17.5. The van der Waals surface area contributed by atoms with Crippen LogP contribution in [0.25, 0.3) is 0 Å². The Morgan fingerprint density at radius 1 is 1.07 bits per heavy atom. The van der Waals surface area contributed by atoms with Crippen molar-refractivity contribution in [1.29, 1.82) is 0 Å². The number of carbonyl (C=O) groups excluding carboxylic acids is 3. The van der Waals surface area contributed by atoms with Gasteiger partial charge in [-0.1, -0.05) is 13.8 Å². The maximum absolute atomic E-state index is 12.9. The van der Waals surface area contributed by atoms with Crippen LogP contribution in [0.1, 0.15) is 78.6 Å². The zero-order valence-corrected chi connectivity index (χ0v) is 17.5. The predicted molar refractivity (Wildman–Crippen MR) is 103 cm³/mol. The van der Waals surface area contributed by atoms with Crippen molar-refractivity contribution in [2.75, 3.05) is 6.61 Å². The van der Waals surface area contributed by atoms with Crippen LogP contribution >= 0.6 is 0 Å². The number of carbonyl (C=O) groups is 3. The molecule has 0 saturated heterocycles. The molecule has 5 nitrogen and oxygen atoms in total. The van der Waals surface area contributed by atoms with Gasteiger partial charge in [-0.3, -0.25) is 14.4 Å². The maximum Gasteiger partial charge on any atom is 0.303 e. The molecule has 28 heavy (non-hydrogen) atoms. The van der Waals surface area contributed by atoms with Crippen molar-refractivity contribution in [3.63, 3.8) is 0 Å². The van der Waals surface area contributed by atoms with Gasteiger partial charge in [0.05, 0.1) is 0 Å². The minimum absolute atomic E-state index is 0.223. The molecule has 4 aliphatic carbocycles. The lowest BCUT2D eigenvalue weighted by Crippen LogP contribution is -2.59. The summed E-state index contributed by atoms with van der Waals surface area (Å²) in [6.45, 7) is 5.45. The second-order valence-corrected chi connectivity index (χ2v) is 10.5. The minimum atomic E-state index is -1.39. The quantitative estimate of drug-likeness (QED) is 0.747. The molecule has 156 valence electrons. The molecule has 1 N–H and O–H groups in total. The number of fused-ring (bicyclic) bond motifs is 5. The van der Waals surface area contributed by atoms with E-state index in [-0.39, 0.29) is 17.8 Å². The van der Waals surface area contributed by atoms with E-state index in [1.165, 1.54) is 6.92 Å². The molecule has 4 rings (SSSR count). The first-order valence-corrected chi connectivity index (χ1v) is 11.0. The number of ether oxygens (including phenoxy) is 1. The van der Waals surface area contributed by atoms with Crippen LogP contribution in [0.15, 0.2) is 0 Å². The van der Waals surface area contributed by atoms with Gasteiger partial charge in [0.2, 0.25) is 5.78 Å². The van der Waals surface area contributed by atoms with E-state index in [2.05, 4.69) is 13.8 Å². The largest absolute Gasteiger partial charge is 0.458 e. The molecule has 0 heterocycles. The summed E-state index contributed by atoms with van der Waals surface area (Å²) in [5, 5.41) is 11.5. The van der Waals surface area contributed by atoms with Gasteiger partial charge in [-0.15, -0.1) is 0 Å². The Labute approximate surface area is 167 Å². The molecule has 0 aromatic carbocycles. The summed E-state index contributed by atoms with van der Waals surface area (Å²) in [6, 6.07) is 0. The summed E-state index contributed by atoms with van der Waals surface area (Å²) >= 11 is 0. The van der Waals surface area contributed by atoms with Gasteiger partial charge in [0, 0.05) is 25.2 Å². The number of ketones is 2. The van der Waals surface area contributed by atoms with Crippen molar-refractivity contribution in [2.24, 2.45) is 34.5 Å². The first kappa shape index (κ1) is 20.1. The van der Waals surface area contributed by atoms with Crippen molar-refractivity contribution < 1.29 is 24.2 Å². The molecule has 4 fully saturated rings. The standard InChI is InChI=1S/C23H34O5/c1-14(24)28-13-20(26)23(27)11-8-19-17-5-4-15-12-16(25)6-9-21(15,2)18(17)7-10-22(19,23)3/h15,17-19,27H,4-13H2,1-3H3/t15-,17+,18-,19-,21-,22-,23-/m0/s1. The van der Waals surface area contributed by atoms with Gasteiger partial charge in [0.25, 0.3) is 0 Å². The molecule has 4 saturated carbocycles. The van der Waals surface area contributed by atoms with Gasteiger partial charge < -0.3 is 9.84 Å². The summed E-state index contributed by atoms with van der Waals surface area (Å²) in [4.78, 5) is 36.0. The van der Waals surface area contributed by atoms with Crippen LogP contribution in [0.5, 0.6) is 0 Å². The predicted octanol–water partition coefficient (Wildman–Crippen LogP) is 3.46. The molecular weight excluding hydrogens is 356 g/mol. The highest BCUT2D eigenvalue weighted by atomic mass is 16.5. The van der Waals surface area contributed by atoms with Crippen molar-refractivity contribution in [3.05, 3.63) is 0 Å². The summed E-state index contributed by atoms with van der Waals surface area (Å²) in [5.41, 5.74) is -1.61. The van der Waals surface area contributed by atoms with Gasteiger partial charge in [-0.05, 0) is 74.0 Å². The molecule has 0 aromatic heterocycles. The van der Waals surface area contributed by atoms with Gasteiger partial charge in [0.15, 0.2) is 6.61 Å². The van der Waals surface area contributed by atoms with E-state index in [1.807, 2.05) is 0 Å². The number of hydrogen-bond donors (Lipinski definition) is 1. The Hall–Kier alpha value is -1.23. The summed E-state index contributed by atoms with van der Waals surface area (Å²) in [5.74, 6) is 1.53. The molecular formula is C23H34O5. The molecule has 0 bridgehead atoms. The Bertz CT molecular complexity index is 701. The first-order chi connectivity index (χ1) is 13.1. The van der Waals surface area contributed by atoms with Crippen molar-refractivity contribution in [3.8, 4) is 0 Å². The van der Waals surface area contributed by atoms with E-state index in [0.717, 1.165) is 44.9 Å². The van der Waals surface area contributed by atoms with Crippen LogP contribution in [0.4, 0.5) is 0 Å². The lowest BCUT2D eigenvalue weighted by molar-refractivity contribution is -0.175. The lowest BCUT2D eigenvalue weighted by Gasteiger charge is -2.60. The second kappa shape index (κ2) is 6.65. The molecule has 0 amide bonds. The summed E-state index contributed by atoms with van der Waals surface area (Å²) in [6.07, 6.45) is 7.82. The molecule has 0 unspecified atom stereocenters. The highest BCUT2D eigenvalue weighted by Crippen LogP contribution is 2.68. The van der Waals surface area contributed by atoms with Crippen LogP contribution < -0.4 is 0 Å². The third kappa shape index (κ3) is 2.72. The van der Waals surface area contributed by atoms with Crippen molar-refractivity contribution in [1.82, 2.24) is 0 Å². The molecule has 0 radical (unpaired) electrons. The van der Waals surface area contributed by atoms with Gasteiger partial charge in [-0.25, -0.2) is 0 Å². The van der Waals surface area contributed by atoms with E-state index in [0.29, 0.717) is 42.3 Å². The Morgan fingerprint density at radius 2 is 1.79 bits per heavy atom. The first-order valence-electron chi connectivity index (χ1n) is 11.0. The number of hydrogen-bond acceptors (Lipinski definition) is 5. The van der Waals surface area contributed by atoms with Crippen LogP contribution in [0, 0.1) is 34.5 Å². The fourth-order valence-corrected chi connectivity index (χ4v) is 7.81. The Balaban J connectivity index is 1.57. The average molecular weight is 391 g/mol. The summed E-state index contributed by atoms with van der Waals surface area (Å²) in [7, 11) is 0. The lowest BCUT2D eigenvalue weighted by atomic mass is 9.44. The van der Waals surface area contributed by atoms with Crippen molar-refractivity contribution in [2.45, 2.75) is 84.2 Å². The summed E-state index contributed by atoms with van der Waals surface area (Å²) < 4.78 is 4.93. The third-order valence-electron chi connectivity index (χ3n) is 9.50. The Morgan fingerprint density at radius 3 is 2.50 bits per heavy atom. The molecule has 7 atom stereocenters. The normalized spacial score (nSPS) is 47.6. The fraction of sp³-hybridized carbons (Fsp3) is 0.870. The van der Waals surface area contributed by atoms with E-state index in [1.54, 1.807) is 0 Å². The highest BCUT2D eigenvalue weighted by Gasteiger charge is 2.66. The van der Waals surface area contributed by atoms with E-state index in [9.17, 15) is 19.5 Å². The van der Waals surface area contributed by atoms with E-state index in [4.69, 9.17) is 4.74 Å². The van der Waals surface area contributed by atoms with Gasteiger partial charge >= 0.3 is 5.97 Å². The highest BCUT2D eigenvalue weighted by molar-refractivity contribution is 5.91. The monoisotopic (exact) mass is 390 g/mol. The smallest absolute Gasteiger partial charge is 0.303 e. The van der Waals surface area contributed by atoms with Crippen LogP contribution in [0.3, 0.4) is 0 Å². The molecule has 0 aliphatic heterocycles. The minimum Gasteiger partial charge on any atom is -0.458 e. The van der Waals surface area contributed by atoms with Gasteiger partial charge in [-0.2, -0.15) is 0 Å². The van der Waals surface area contributed by atoms with Crippen molar-refractivity contribution >= 4 is 17.5 Å². The Kier molecular flexibility index (Phi) is 4.76. The van der Waals surface area contributed by atoms with E-state index >= 15 is 0 Å². The van der Waals surface area contributed by atoms with Crippen LogP contribution in [-0.4, -0.2) is 34.9 Å². The van der Waals surface area contributed by atoms with Crippen LogP contribution in [-0.2, 0) is 19.1 Å². The number of esters is 1. The SMILES string of the molecule is CC(=O)OCC(=O)[C@@]1(O)CC[C@H]2[C@@H]3CC[C@H]4CC(=O)CC[C@]4(C)[C@H]3CC[C@@]21C. The number of Topliss-reactive ketones (excluding diaryl/α,β-unsaturated/α-hetero) is 2. The molecule has 5 heteroatoms. The van der Waals surface area contributed by atoms with Gasteiger partial charge in [0.1, 0.15) is 11.4 Å². The van der Waals surface area contributed by atoms with Crippen LogP contribution in [0.2, 0.25) is 0 Å². The second-order valence-electron chi connectivity index (χ2n) is 10.5. The zero-order chi connectivity index (χ0) is 20.3. The molecule has 4 aliphatic rings. The molecule has 0 spiro atoms.